The van der Waals surface area contributed by atoms with Crippen LogP contribution in [0.25, 0.3) is 22.2 Å². The predicted molar refractivity (Wildman–Crippen MR) is 199 cm³/mol. The molecule has 0 radical (unpaired) electrons. The molecule has 3 fully saturated rings. The van der Waals surface area contributed by atoms with Gasteiger partial charge in [0.2, 0.25) is 5.91 Å². The molecule has 2 amide bonds. The Hall–Kier alpha value is -3.21. The van der Waals surface area contributed by atoms with Gasteiger partial charge in [0.15, 0.2) is 0 Å². The fraction of sp³-hybridized carbons (Fsp3) is 0.600. The second kappa shape index (κ2) is 14.1. The summed E-state index contributed by atoms with van der Waals surface area (Å²) >= 11 is 0. The Morgan fingerprint density at radius 2 is 1.72 bits per heavy atom. The maximum atomic E-state index is 14.5. The average molecular weight is 702 g/mol. The molecule has 1 saturated carbocycles. The molecular weight excluding hydrogens is 647 g/mol. The Kier molecular flexibility index (Phi) is 9.91. The van der Waals surface area contributed by atoms with Crippen molar-refractivity contribution in [2.75, 3.05) is 40.3 Å². The van der Waals surface area contributed by atoms with Gasteiger partial charge in [-0.15, -0.1) is 0 Å². The standard InChI is InChI=1S/C40H55N5O4S/c1-5-19-40(2)20-23-44(27-40)32-17-21-43(22-18-32)39(47)31-24-29-13-9-10-14-33(29)37-36(28-11-7-6-8-12-28)34-16-15-30(25-35(34)45(37)26-31)38(46)41-50(48,49)42(3)4/h9-10,13-16,25,28,31-32H,5-8,11-12,17-24,26-27H2,1-4H3,(H,41,46)/t31-,40?/m0/s1. The Bertz CT molecular complexity index is 1850. The molecule has 4 heterocycles. The van der Waals surface area contributed by atoms with Crippen LogP contribution in [0.2, 0.25) is 0 Å². The maximum Gasteiger partial charge on any atom is 0.303 e. The van der Waals surface area contributed by atoms with E-state index in [1.54, 1.807) is 6.07 Å². The van der Waals surface area contributed by atoms with E-state index in [-0.39, 0.29) is 17.4 Å². The number of benzene rings is 2. The topological polar surface area (TPSA) is 95.0 Å². The van der Waals surface area contributed by atoms with Crippen molar-refractivity contribution in [2.24, 2.45) is 11.3 Å². The number of carbonyl (C=O) groups is 2. The number of rotatable bonds is 8. The van der Waals surface area contributed by atoms with Crippen LogP contribution in [-0.2, 0) is 28.0 Å². The number of hydrogen-bond donors (Lipinski definition) is 1. The van der Waals surface area contributed by atoms with Crippen molar-refractivity contribution in [1.29, 1.82) is 0 Å². The third kappa shape index (κ3) is 6.75. The van der Waals surface area contributed by atoms with Crippen LogP contribution in [0.1, 0.15) is 105 Å². The highest BCUT2D eigenvalue weighted by molar-refractivity contribution is 7.87. The Morgan fingerprint density at radius 3 is 2.44 bits per heavy atom. The molecule has 2 saturated heterocycles. The van der Waals surface area contributed by atoms with E-state index in [2.05, 4.69) is 57.2 Å². The molecule has 0 spiro atoms. The van der Waals surface area contributed by atoms with Crippen molar-refractivity contribution < 1.29 is 18.0 Å². The van der Waals surface area contributed by atoms with E-state index in [0.29, 0.717) is 30.3 Å². The lowest BCUT2D eigenvalue weighted by molar-refractivity contribution is -0.137. The van der Waals surface area contributed by atoms with Crippen LogP contribution in [0, 0.1) is 11.3 Å². The van der Waals surface area contributed by atoms with Crippen LogP contribution in [0.5, 0.6) is 0 Å². The largest absolute Gasteiger partial charge is 0.342 e. The molecule has 3 aliphatic heterocycles. The third-order valence-electron chi connectivity index (χ3n) is 12.3. The number of hydrogen-bond acceptors (Lipinski definition) is 5. The van der Waals surface area contributed by atoms with Crippen LogP contribution in [0.4, 0.5) is 0 Å². The van der Waals surface area contributed by atoms with Crippen molar-refractivity contribution in [3.63, 3.8) is 0 Å². The van der Waals surface area contributed by atoms with Crippen molar-refractivity contribution >= 4 is 32.9 Å². The fourth-order valence-corrected chi connectivity index (χ4v) is 10.1. The summed E-state index contributed by atoms with van der Waals surface area (Å²) in [6, 6.07) is 14.7. The van der Waals surface area contributed by atoms with Crippen molar-refractivity contribution in [3.05, 3.63) is 59.2 Å². The molecule has 1 unspecified atom stereocenters. The molecule has 1 aliphatic carbocycles. The maximum absolute atomic E-state index is 14.5. The molecule has 4 aliphatic rings. The van der Waals surface area contributed by atoms with Crippen LogP contribution in [0.3, 0.4) is 0 Å². The predicted octanol–water partition coefficient (Wildman–Crippen LogP) is 6.57. The Labute approximate surface area is 298 Å². The van der Waals surface area contributed by atoms with Gasteiger partial charge in [-0.25, -0.2) is 4.72 Å². The summed E-state index contributed by atoms with van der Waals surface area (Å²) in [7, 11) is -1.16. The fourth-order valence-electron chi connectivity index (χ4n) is 9.61. The number of fused-ring (bicyclic) bond motifs is 5. The lowest BCUT2D eigenvalue weighted by Gasteiger charge is -2.38. The van der Waals surface area contributed by atoms with Gasteiger partial charge >= 0.3 is 10.2 Å². The van der Waals surface area contributed by atoms with Crippen LogP contribution < -0.4 is 4.72 Å². The van der Waals surface area contributed by atoms with Crippen LogP contribution >= 0.6 is 0 Å². The highest BCUT2D eigenvalue weighted by atomic mass is 32.2. The minimum atomic E-state index is -3.95. The summed E-state index contributed by atoms with van der Waals surface area (Å²) < 4.78 is 30.6. The van der Waals surface area contributed by atoms with Gasteiger partial charge in [-0.3, -0.25) is 14.5 Å². The average Bonchev–Trinajstić information content (AvgIpc) is 3.59. The van der Waals surface area contributed by atoms with E-state index in [9.17, 15) is 18.0 Å². The Balaban J connectivity index is 1.22. The molecule has 7 rings (SSSR count). The molecule has 3 aromatic rings. The quantitative estimate of drug-likeness (QED) is 0.287. The number of piperidine rings is 1. The molecule has 0 bridgehead atoms. The number of amides is 2. The highest BCUT2D eigenvalue weighted by Crippen LogP contribution is 2.47. The number of aromatic nitrogens is 1. The smallest absolute Gasteiger partial charge is 0.303 e. The minimum absolute atomic E-state index is 0.218. The zero-order valence-corrected chi connectivity index (χ0v) is 31.2. The van der Waals surface area contributed by atoms with Crippen molar-refractivity contribution in [3.8, 4) is 11.3 Å². The van der Waals surface area contributed by atoms with Gasteiger partial charge in [0.25, 0.3) is 5.91 Å². The minimum Gasteiger partial charge on any atom is -0.342 e. The number of carbonyl (C=O) groups excluding carboxylic acids is 2. The van der Waals surface area contributed by atoms with E-state index < -0.39 is 16.1 Å². The Morgan fingerprint density at radius 1 is 0.980 bits per heavy atom. The number of nitrogens with one attached hydrogen (secondary N) is 1. The summed E-state index contributed by atoms with van der Waals surface area (Å²) in [5.74, 6) is -0.293. The number of likely N-dealkylation sites (tertiary alicyclic amines) is 2. The van der Waals surface area contributed by atoms with E-state index in [1.165, 1.54) is 88.1 Å². The lowest BCUT2D eigenvalue weighted by atomic mass is 9.81. The van der Waals surface area contributed by atoms with Gasteiger partial charge in [0.1, 0.15) is 0 Å². The van der Waals surface area contributed by atoms with Gasteiger partial charge in [-0.05, 0) is 86.1 Å². The summed E-state index contributed by atoms with van der Waals surface area (Å²) in [5, 5.41) is 1.10. The zero-order chi connectivity index (χ0) is 35.2. The third-order valence-corrected chi connectivity index (χ3v) is 13.7. The first kappa shape index (κ1) is 35.2. The molecule has 270 valence electrons. The molecular formula is C40H55N5O4S. The molecule has 9 nitrogen and oxygen atoms in total. The van der Waals surface area contributed by atoms with E-state index in [0.717, 1.165) is 54.0 Å². The summed E-state index contributed by atoms with van der Waals surface area (Å²) in [6.45, 7) is 9.18. The summed E-state index contributed by atoms with van der Waals surface area (Å²) in [4.78, 5) is 32.7. The zero-order valence-electron chi connectivity index (χ0n) is 30.4. The van der Waals surface area contributed by atoms with Crippen LogP contribution in [-0.4, -0.2) is 85.2 Å². The first-order valence-corrected chi connectivity index (χ1v) is 20.4. The van der Waals surface area contributed by atoms with Gasteiger partial charge < -0.3 is 9.47 Å². The molecule has 1 aromatic heterocycles. The molecule has 10 heteroatoms. The SMILES string of the molecule is CCCC1(C)CCN(C2CCN(C(=O)[C@H]3Cc4ccccc4-c4c(C5CCCCC5)c5ccc(C(=O)NS(=O)(=O)N(C)C)cc5n4C3)CC2)C1. The first-order chi connectivity index (χ1) is 24.0. The van der Waals surface area contributed by atoms with Crippen molar-refractivity contribution in [1.82, 2.24) is 23.4 Å². The van der Waals surface area contributed by atoms with Gasteiger partial charge in [-0.2, -0.15) is 12.7 Å². The monoisotopic (exact) mass is 701 g/mol. The normalized spacial score (nSPS) is 23.9. The highest BCUT2D eigenvalue weighted by Gasteiger charge is 2.39. The molecule has 1 N–H and O–H groups in total. The van der Waals surface area contributed by atoms with Crippen molar-refractivity contribution in [2.45, 2.75) is 103 Å². The molecule has 2 atom stereocenters. The van der Waals surface area contributed by atoms with Gasteiger partial charge in [0, 0.05) is 68.3 Å². The van der Waals surface area contributed by atoms with E-state index >= 15 is 0 Å². The summed E-state index contributed by atoms with van der Waals surface area (Å²) in [6.07, 6.45) is 12.4. The van der Waals surface area contributed by atoms with E-state index in [4.69, 9.17) is 0 Å². The number of nitrogens with zero attached hydrogens (tertiary/aromatic N) is 4. The first-order valence-electron chi connectivity index (χ1n) is 19.0. The van der Waals surface area contributed by atoms with E-state index in [1.807, 2.05) is 12.1 Å². The molecule has 2 aromatic carbocycles. The van der Waals surface area contributed by atoms with Gasteiger partial charge in [-0.1, -0.05) is 69.9 Å². The van der Waals surface area contributed by atoms with Gasteiger partial charge in [0.05, 0.1) is 11.6 Å². The van der Waals surface area contributed by atoms with Crippen LogP contribution in [0.15, 0.2) is 42.5 Å². The lowest BCUT2D eigenvalue weighted by Crippen LogP contribution is -2.48. The molecule has 50 heavy (non-hydrogen) atoms. The second-order valence-electron chi connectivity index (χ2n) is 16.1. The second-order valence-corrected chi connectivity index (χ2v) is 17.9. The summed E-state index contributed by atoms with van der Waals surface area (Å²) in [5.41, 5.74) is 6.45.